The first kappa shape index (κ1) is 21.4. The van der Waals surface area contributed by atoms with Crippen LogP contribution in [0.15, 0.2) is 36.4 Å². The third-order valence-corrected chi connectivity index (χ3v) is 6.40. The van der Waals surface area contributed by atoms with E-state index in [1.165, 1.54) is 29.5 Å². The zero-order valence-corrected chi connectivity index (χ0v) is 17.6. The standard InChI is InChI=1S/C19H22FN3O4S2/c1-29(26,27)21-8-7-16-5-6-17(28-16)19(25)23-11-9-22(10-12-23)18(24)14-3-2-4-15(20)13-14/h2-6,13,21H,7-12H2,1H3. The minimum absolute atomic E-state index is 0.102. The molecule has 1 saturated heterocycles. The Morgan fingerprint density at radius 2 is 1.72 bits per heavy atom. The molecule has 0 atom stereocenters. The van der Waals surface area contributed by atoms with Crippen molar-refractivity contribution in [1.29, 1.82) is 0 Å². The number of carbonyl (C=O) groups is 2. The molecule has 2 aromatic rings. The molecule has 7 nitrogen and oxygen atoms in total. The Balaban J connectivity index is 1.53. The van der Waals surface area contributed by atoms with Crippen molar-refractivity contribution in [3.05, 3.63) is 57.5 Å². The summed E-state index contributed by atoms with van der Waals surface area (Å²) in [4.78, 5) is 30.0. The van der Waals surface area contributed by atoms with Crippen LogP contribution in [-0.4, -0.2) is 69.0 Å². The highest BCUT2D eigenvalue weighted by atomic mass is 32.2. The molecule has 2 amide bonds. The number of sulfonamides is 1. The van der Waals surface area contributed by atoms with E-state index in [0.717, 1.165) is 11.1 Å². The van der Waals surface area contributed by atoms with E-state index in [1.807, 2.05) is 6.07 Å². The van der Waals surface area contributed by atoms with Gasteiger partial charge in [0.05, 0.1) is 11.1 Å². The molecular formula is C19H22FN3O4S2. The summed E-state index contributed by atoms with van der Waals surface area (Å²) in [7, 11) is -3.23. The first-order valence-electron chi connectivity index (χ1n) is 9.10. The number of halogens is 1. The summed E-state index contributed by atoms with van der Waals surface area (Å²) >= 11 is 1.34. The number of hydrogen-bond donors (Lipinski definition) is 1. The van der Waals surface area contributed by atoms with Crippen molar-refractivity contribution < 1.29 is 22.4 Å². The van der Waals surface area contributed by atoms with E-state index in [9.17, 15) is 22.4 Å². The van der Waals surface area contributed by atoms with Crippen LogP contribution in [0.2, 0.25) is 0 Å². The van der Waals surface area contributed by atoms with Gasteiger partial charge in [-0.2, -0.15) is 0 Å². The monoisotopic (exact) mass is 439 g/mol. The van der Waals surface area contributed by atoms with Crippen molar-refractivity contribution in [3.8, 4) is 0 Å². The molecule has 1 aromatic heterocycles. The van der Waals surface area contributed by atoms with Gasteiger partial charge >= 0.3 is 0 Å². The minimum Gasteiger partial charge on any atom is -0.335 e. The van der Waals surface area contributed by atoms with Gasteiger partial charge in [-0.05, 0) is 36.8 Å². The molecule has 1 aliphatic rings. The molecule has 0 bridgehead atoms. The van der Waals surface area contributed by atoms with Gasteiger partial charge in [0.2, 0.25) is 10.0 Å². The van der Waals surface area contributed by atoms with E-state index in [2.05, 4.69) is 4.72 Å². The fourth-order valence-corrected chi connectivity index (χ4v) is 4.51. The smallest absolute Gasteiger partial charge is 0.264 e. The summed E-state index contributed by atoms with van der Waals surface area (Å²) < 4.78 is 38.0. The average Bonchev–Trinajstić information content (AvgIpc) is 3.15. The van der Waals surface area contributed by atoms with Crippen molar-refractivity contribution in [3.63, 3.8) is 0 Å². The van der Waals surface area contributed by atoms with Gasteiger partial charge in [-0.3, -0.25) is 9.59 Å². The number of benzene rings is 1. The Kier molecular flexibility index (Phi) is 6.66. The second-order valence-electron chi connectivity index (χ2n) is 6.78. The van der Waals surface area contributed by atoms with E-state index in [4.69, 9.17) is 0 Å². The van der Waals surface area contributed by atoms with Crippen LogP contribution in [0.25, 0.3) is 0 Å². The van der Waals surface area contributed by atoms with Gasteiger partial charge < -0.3 is 9.80 Å². The zero-order valence-electron chi connectivity index (χ0n) is 15.9. The van der Waals surface area contributed by atoms with Crippen LogP contribution >= 0.6 is 11.3 Å². The lowest BCUT2D eigenvalue weighted by Gasteiger charge is -2.34. The lowest BCUT2D eigenvalue weighted by Crippen LogP contribution is -2.50. The third-order valence-electron chi connectivity index (χ3n) is 4.53. The molecule has 156 valence electrons. The van der Waals surface area contributed by atoms with Gasteiger partial charge in [0.15, 0.2) is 0 Å². The molecule has 2 heterocycles. The molecule has 0 unspecified atom stereocenters. The van der Waals surface area contributed by atoms with Gasteiger partial charge in [-0.1, -0.05) is 6.07 Å². The summed E-state index contributed by atoms with van der Waals surface area (Å²) in [6, 6.07) is 9.15. The second kappa shape index (κ2) is 9.02. The molecule has 1 aliphatic heterocycles. The lowest BCUT2D eigenvalue weighted by atomic mass is 10.1. The first-order chi connectivity index (χ1) is 13.7. The quantitative estimate of drug-likeness (QED) is 0.740. The van der Waals surface area contributed by atoms with Crippen LogP contribution in [0.3, 0.4) is 0 Å². The summed E-state index contributed by atoms with van der Waals surface area (Å²) in [5.74, 6) is -0.798. The van der Waals surface area contributed by atoms with Crippen molar-refractivity contribution in [1.82, 2.24) is 14.5 Å². The summed E-state index contributed by atoms with van der Waals surface area (Å²) in [5, 5.41) is 0. The first-order valence-corrected chi connectivity index (χ1v) is 11.8. The molecule has 10 heteroatoms. The fraction of sp³-hybridized carbons (Fsp3) is 0.368. The van der Waals surface area contributed by atoms with Crippen molar-refractivity contribution in [2.45, 2.75) is 6.42 Å². The highest BCUT2D eigenvalue weighted by Crippen LogP contribution is 2.20. The molecular weight excluding hydrogens is 417 g/mol. The number of nitrogens with one attached hydrogen (secondary N) is 1. The lowest BCUT2D eigenvalue weighted by molar-refractivity contribution is 0.0538. The van der Waals surface area contributed by atoms with E-state index in [-0.39, 0.29) is 18.4 Å². The van der Waals surface area contributed by atoms with E-state index >= 15 is 0 Å². The normalized spacial score (nSPS) is 14.8. The fourth-order valence-electron chi connectivity index (χ4n) is 3.06. The van der Waals surface area contributed by atoms with Crippen LogP contribution in [-0.2, 0) is 16.4 Å². The number of rotatable bonds is 6. The average molecular weight is 440 g/mol. The Bertz CT molecular complexity index is 998. The molecule has 0 saturated carbocycles. The Labute approximate surface area is 173 Å². The van der Waals surface area contributed by atoms with Crippen LogP contribution in [0.1, 0.15) is 24.9 Å². The number of amides is 2. The number of piperazine rings is 1. The highest BCUT2D eigenvalue weighted by molar-refractivity contribution is 7.88. The SMILES string of the molecule is CS(=O)(=O)NCCc1ccc(C(=O)N2CCN(C(=O)c3cccc(F)c3)CC2)s1. The zero-order chi connectivity index (χ0) is 21.0. The highest BCUT2D eigenvalue weighted by Gasteiger charge is 2.26. The maximum Gasteiger partial charge on any atom is 0.264 e. The molecule has 0 spiro atoms. The third kappa shape index (κ3) is 5.84. The summed E-state index contributed by atoms with van der Waals surface area (Å²) in [5.41, 5.74) is 0.301. The van der Waals surface area contributed by atoms with Crippen LogP contribution < -0.4 is 4.72 Å². The van der Waals surface area contributed by atoms with Gasteiger partial charge in [0, 0.05) is 43.2 Å². The summed E-state index contributed by atoms with van der Waals surface area (Å²) in [6.45, 7) is 1.87. The van der Waals surface area contributed by atoms with Gasteiger partial charge in [0.25, 0.3) is 11.8 Å². The van der Waals surface area contributed by atoms with E-state index < -0.39 is 15.8 Å². The van der Waals surface area contributed by atoms with Gasteiger partial charge in [-0.15, -0.1) is 11.3 Å². The van der Waals surface area contributed by atoms with Gasteiger partial charge in [0.1, 0.15) is 5.82 Å². The maximum absolute atomic E-state index is 13.3. The van der Waals surface area contributed by atoms with E-state index in [0.29, 0.717) is 43.0 Å². The minimum atomic E-state index is -3.23. The maximum atomic E-state index is 13.3. The summed E-state index contributed by atoms with van der Waals surface area (Å²) in [6.07, 6.45) is 1.62. The number of carbonyl (C=O) groups excluding carboxylic acids is 2. The predicted molar refractivity (Wildman–Crippen MR) is 109 cm³/mol. The largest absolute Gasteiger partial charge is 0.335 e. The van der Waals surface area contributed by atoms with Crippen molar-refractivity contribution in [2.24, 2.45) is 0 Å². The van der Waals surface area contributed by atoms with E-state index in [1.54, 1.807) is 21.9 Å². The van der Waals surface area contributed by atoms with Crippen molar-refractivity contribution >= 4 is 33.2 Å². The molecule has 29 heavy (non-hydrogen) atoms. The Morgan fingerprint density at radius 3 is 2.34 bits per heavy atom. The topological polar surface area (TPSA) is 86.8 Å². The van der Waals surface area contributed by atoms with Gasteiger partial charge in [-0.25, -0.2) is 17.5 Å². The molecule has 0 radical (unpaired) electrons. The van der Waals surface area contributed by atoms with Crippen LogP contribution in [0.4, 0.5) is 4.39 Å². The number of hydrogen-bond acceptors (Lipinski definition) is 5. The molecule has 0 aliphatic carbocycles. The van der Waals surface area contributed by atoms with Crippen LogP contribution in [0, 0.1) is 5.82 Å². The molecule has 3 rings (SSSR count). The predicted octanol–water partition coefficient (Wildman–Crippen LogP) is 1.58. The Morgan fingerprint density at radius 1 is 1.07 bits per heavy atom. The number of thiophene rings is 1. The second-order valence-corrected chi connectivity index (χ2v) is 9.78. The van der Waals surface area contributed by atoms with Crippen LogP contribution in [0.5, 0.6) is 0 Å². The molecule has 1 N–H and O–H groups in total. The molecule has 1 fully saturated rings. The van der Waals surface area contributed by atoms with Crippen molar-refractivity contribution in [2.75, 3.05) is 39.0 Å². The Hall–Kier alpha value is -2.30. The molecule has 1 aromatic carbocycles. The number of nitrogens with zero attached hydrogens (tertiary/aromatic N) is 2.